The molecule has 0 radical (unpaired) electrons. The number of fused-ring (bicyclic) bond motifs is 1. The number of thiazole rings is 1. The normalized spacial score (nSPS) is 15.9. The third-order valence-electron chi connectivity index (χ3n) is 6.82. The van der Waals surface area contributed by atoms with Crippen molar-refractivity contribution in [3.8, 4) is 11.1 Å². The van der Waals surface area contributed by atoms with Crippen molar-refractivity contribution in [2.75, 3.05) is 36.4 Å². The summed E-state index contributed by atoms with van der Waals surface area (Å²) >= 11 is 1.33. The molecule has 6 rings (SSSR count). The number of benzene rings is 2. The van der Waals surface area contributed by atoms with Gasteiger partial charge in [0.25, 0.3) is 11.8 Å². The highest BCUT2D eigenvalue weighted by Gasteiger charge is 2.38. The maximum absolute atomic E-state index is 13.7. The smallest absolute Gasteiger partial charge is 0.255 e. The van der Waals surface area contributed by atoms with Gasteiger partial charge in [-0.05, 0) is 47.0 Å². The van der Waals surface area contributed by atoms with Crippen LogP contribution in [0.1, 0.15) is 27.7 Å². The van der Waals surface area contributed by atoms with E-state index in [1.54, 1.807) is 34.8 Å². The van der Waals surface area contributed by atoms with Gasteiger partial charge in [-0.25, -0.2) is 4.98 Å². The van der Waals surface area contributed by atoms with Crippen LogP contribution in [0, 0.1) is 0 Å². The maximum Gasteiger partial charge on any atom is 0.255 e. The van der Waals surface area contributed by atoms with E-state index < -0.39 is 6.04 Å². The fraction of sp³-hybridized carbons (Fsp3) is 0.214. The second-order valence-electron chi connectivity index (χ2n) is 9.07. The first-order valence-corrected chi connectivity index (χ1v) is 13.2. The van der Waals surface area contributed by atoms with Gasteiger partial charge in [-0.15, -0.1) is 11.3 Å². The summed E-state index contributed by atoms with van der Waals surface area (Å²) in [6.07, 6.45) is 3.26. The molecule has 4 aromatic rings. The van der Waals surface area contributed by atoms with E-state index >= 15 is 0 Å². The summed E-state index contributed by atoms with van der Waals surface area (Å²) in [4.78, 5) is 39.5. The van der Waals surface area contributed by atoms with Crippen LogP contribution in [0.2, 0.25) is 0 Å². The second-order valence-corrected chi connectivity index (χ2v) is 9.97. The molecule has 1 fully saturated rings. The molecule has 2 amide bonds. The van der Waals surface area contributed by atoms with E-state index in [9.17, 15) is 9.59 Å². The summed E-state index contributed by atoms with van der Waals surface area (Å²) in [5, 5.41) is 8.50. The van der Waals surface area contributed by atoms with Crippen molar-refractivity contribution in [1.82, 2.24) is 20.2 Å². The van der Waals surface area contributed by atoms with Crippen LogP contribution in [-0.4, -0.2) is 52.9 Å². The number of nitrogens with one attached hydrogen (secondary N) is 2. The number of pyridine rings is 1. The summed E-state index contributed by atoms with van der Waals surface area (Å²) in [5.74, 6) is -0.516. The topological polar surface area (TPSA) is 90.5 Å². The van der Waals surface area contributed by atoms with E-state index in [1.807, 2.05) is 24.3 Å². The lowest BCUT2D eigenvalue weighted by Crippen LogP contribution is -2.43. The van der Waals surface area contributed by atoms with Crippen molar-refractivity contribution < 1.29 is 9.59 Å². The molecule has 186 valence electrons. The summed E-state index contributed by atoms with van der Waals surface area (Å²) in [6.45, 7) is 4.31. The molecule has 2 aromatic heterocycles. The summed E-state index contributed by atoms with van der Waals surface area (Å²) in [6, 6.07) is 19.0. The molecular formula is C28H26N6O2S. The quantitative estimate of drug-likeness (QED) is 0.408. The molecule has 2 aliphatic heterocycles. The van der Waals surface area contributed by atoms with Crippen LogP contribution < -0.4 is 15.5 Å². The molecule has 2 aliphatic rings. The Bertz CT molecular complexity index is 1400. The summed E-state index contributed by atoms with van der Waals surface area (Å²) < 4.78 is 0. The molecule has 2 aromatic carbocycles. The van der Waals surface area contributed by atoms with E-state index in [0.717, 1.165) is 42.9 Å². The molecule has 4 heterocycles. The summed E-state index contributed by atoms with van der Waals surface area (Å²) in [7, 11) is 0. The number of carbonyl (C=O) groups is 2. The zero-order valence-corrected chi connectivity index (χ0v) is 20.9. The number of nitrogens with zero attached hydrogens (tertiary/aromatic N) is 4. The average Bonchev–Trinajstić information content (AvgIpc) is 3.58. The Labute approximate surface area is 219 Å². The Morgan fingerprint density at radius 1 is 0.973 bits per heavy atom. The first-order chi connectivity index (χ1) is 18.2. The molecule has 8 nitrogen and oxygen atoms in total. The highest BCUT2D eigenvalue weighted by Crippen LogP contribution is 2.34. The highest BCUT2D eigenvalue weighted by atomic mass is 32.1. The third kappa shape index (κ3) is 4.71. The summed E-state index contributed by atoms with van der Waals surface area (Å²) in [5.41, 5.74) is 5.26. The standard InChI is InChI=1S/C28H26N6O2S/c35-26(32-28-31-13-16-37-28)25(24-3-1-2-10-30-24)34-18-21-5-4-20(17-23(21)27(34)36)19-6-8-22(9-7-19)33-14-11-29-12-15-33/h1-10,13,16-17,25,29H,11-12,14-15,18H2,(H,31,32,35). The fourth-order valence-corrected chi connectivity index (χ4v) is 5.46. The second kappa shape index (κ2) is 10.1. The van der Waals surface area contributed by atoms with Gasteiger partial charge in [0.2, 0.25) is 0 Å². The Morgan fingerprint density at radius 3 is 2.51 bits per heavy atom. The van der Waals surface area contributed by atoms with Crippen molar-refractivity contribution in [2.45, 2.75) is 12.6 Å². The number of hydrogen-bond acceptors (Lipinski definition) is 7. The SMILES string of the molecule is O=C(Nc1nccs1)C(c1ccccn1)N1Cc2ccc(-c3ccc(N4CCNCC4)cc3)cc2C1=O. The van der Waals surface area contributed by atoms with Gasteiger partial charge in [-0.1, -0.05) is 30.3 Å². The lowest BCUT2D eigenvalue weighted by atomic mass is 10.00. The van der Waals surface area contributed by atoms with Crippen molar-refractivity contribution in [3.05, 3.63) is 95.3 Å². The van der Waals surface area contributed by atoms with Crippen LogP contribution in [0.4, 0.5) is 10.8 Å². The number of anilines is 2. The van der Waals surface area contributed by atoms with Gasteiger partial charge in [-0.3, -0.25) is 19.9 Å². The van der Waals surface area contributed by atoms with Gasteiger partial charge >= 0.3 is 0 Å². The minimum atomic E-state index is -0.869. The first kappa shape index (κ1) is 23.3. The Kier molecular flexibility index (Phi) is 6.38. The number of piperazine rings is 1. The van der Waals surface area contributed by atoms with Crippen LogP contribution in [0.25, 0.3) is 11.1 Å². The predicted molar refractivity (Wildman–Crippen MR) is 145 cm³/mol. The molecule has 0 saturated carbocycles. The van der Waals surface area contributed by atoms with E-state index in [1.165, 1.54) is 17.0 Å². The lowest BCUT2D eigenvalue weighted by molar-refractivity contribution is -0.121. The van der Waals surface area contributed by atoms with Crippen molar-refractivity contribution in [2.24, 2.45) is 0 Å². The minimum absolute atomic E-state index is 0.181. The van der Waals surface area contributed by atoms with Crippen molar-refractivity contribution in [1.29, 1.82) is 0 Å². The van der Waals surface area contributed by atoms with E-state index in [-0.39, 0.29) is 11.8 Å². The largest absolute Gasteiger partial charge is 0.369 e. The van der Waals surface area contributed by atoms with E-state index in [0.29, 0.717) is 22.9 Å². The molecule has 0 bridgehead atoms. The molecule has 0 spiro atoms. The highest BCUT2D eigenvalue weighted by molar-refractivity contribution is 7.13. The van der Waals surface area contributed by atoms with Crippen LogP contribution in [0.3, 0.4) is 0 Å². The third-order valence-corrected chi connectivity index (χ3v) is 7.50. The zero-order valence-electron chi connectivity index (χ0n) is 20.1. The molecule has 1 saturated heterocycles. The lowest BCUT2D eigenvalue weighted by Gasteiger charge is -2.29. The van der Waals surface area contributed by atoms with Crippen LogP contribution in [-0.2, 0) is 11.3 Å². The molecule has 1 atom stereocenters. The molecule has 9 heteroatoms. The minimum Gasteiger partial charge on any atom is -0.369 e. The number of aromatic nitrogens is 2. The number of rotatable bonds is 6. The van der Waals surface area contributed by atoms with Crippen LogP contribution in [0.15, 0.2) is 78.4 Å². The molecule has 2 N–H and O–H groups in total. The van der Waals surface area contributed by atoms with Crippen LogP contribution >= 0.6 is 11.3 Å². The van der Waals surface area contributed by atoms with Crippen molar-refractivity contribution >= 4 is 34.0 Å². The average molecular weight is 511 g/mol. The molecular weight excluding hydrogens is 484 g/mol. The fourth-order valence-electron chi connectivity index (χ4n) is 4.93. The van der Waals surface area contributed by atoms with Gasteiger partial charge in [0, 0.05) is 61.7 Å². The molecule has 37 heavy (non-hydrogen) atoms. The van der Waals surface area contributed by atoms with Crippen molar-refractivity contribution in [3.63, 3.8) is 0 Å². The van der Waals surface area contributed by atoms with Gasteiger partial charge < -0.3 is 15.1 Å². The van der Waals surface area contributed by atoms with Crippen LogP contribution in [0.5, 0.6) is 0 Å². The van der Waals surface area contributed by atoms with Gasteiger partial charge in [0.15, 0.2) is 11.2 Å². The number of hydrogen-bond donors (Lipinski definition) is 2. The molecule has 0 aliphatic carbocycles. The maximum atomic E-state index is 13.7. The van der Waals surface area contributed by atoms with E-state index in [2.05, 4.69) is 49.8 Å². The first-order valence-electron chi connectivity index (χ1n) is 12.3. The van der Waals surface area contributed by atoms with Gasteiger partial charge in [-0.2, -0.15) is 0 Å². The number of amides is 2. The Balaban J connectivity index is 1.26. The van der Waals surface area contributed by atoms with Gasteiger partial charge in [0.1, 0.15) is 0 Å². The van der Waals surface area contributed by atoms with E-state index in [4.69, 9.17) is 0 Å². The zero-order chi connectivity index (χ0) is 25.2. The monoisotopic (exact) mass is 510 g/mol. The Morgan fingerprint density at radius 2 is 1.78 bits per heavy atom. The number of carbonyl (C=O) groups excluding carboxylic acids is 2. The van der Waals surface area contributed by atoms with Gasteiger partial charge in [0.05, 0.1) is 5.69 Å². The molecule has 1 unspecified atom stereocenters. The predicted octanol–water partition coefficient (Wildman–Crippen LogP) is 3.95. The Hall–Kier alpha value is -4.08.